The zero-order valence-electron chi connectivity index (χ0n) is 12.7. The Morgan fingerprint density at radius 3 is 2.86 bits per heavy atom. The standard InChI is InChI=1S/C17H21N3OS/c1-11-15(16(21)20-14-9-5-8-13(14)10-18)22-17(19-11)12-6-3-2-4-7-12/h2-4,6-7,13-14H,5,8-10,18H2,1H3,(H,20,21). The highest BCUT2D eigenvalue weighted by atomic mass is 32.1. The minimum absolute atomic E-state index is 0.0115. The lowest BCUT2D eigenvalue weighted by Gasteiger charge is -2.19. The van der Waals surface area contributed by atoms with E-state index < -0.39 is 0 Å². The average molecular weight is 315 g/mol. The number of nitrogens with two attached hydrogens (primary N) is 1. The molecule has 0 aliphatic heterocycles. The second kappa shape index (κ2) is 6.58. The molecule has 1 fully saturated rings. The molecule has 1 amide bonds. The summed E-state index contributed by atoms with van der Waals surface area (Å²) in [5.74, 6) is 0.397. The molecule has 0 saturated heterocycles. The molecule has 22 heavy (non-hydrogen) atoms. The molecule has 2 atom stereocenters. The first-order valence-corrected chi connectivity index (χ1v) is 8.54. The Labute approximate surface area is 134 Å². The Hall–Kier alpha value is -1.72. The van der Waals surface area contributed by atoms with E-state index in [-0.39, 0.29) is 11.9 Å². The molecule has 4 nitrogen and oxygen atoms in total. The fourth-order valence-electron chi connectivity index (χ4n) is 3.05. The number of hydrogen-bond acceptors (Lipinski definition) is 4. The SMILES string of the molecule is Cc1nc(-c2ccccc2)sc1C(=O)NC1CCCC1CN. The van der Waals surface area contributed by atoms with E-state index >= 15 is 0 Å². The van der Waals surface area contributed by atoms with Crippen molar-refractivity contribution in [3.8, 4) is 10.6 Å². The molecule has 1 heterocycles. The number of nitrogens with one attached hydrogen (secondary N) is 1. The van der Waals surface area contributed by atoms with Gasteiger partial charge in [0.1, 0.15) is 9.88 Å². The summed E-state index contributed by atoms with van der Waals surface area (Å²) in [4.78, 5) is 17.8. The third kappa shape index (κ3) is 3.05. The van der Waals surface area contributed by atoms with Gasteiger partial charge < -0.3 is 11.1 Å². The van der Waals surface area contributed by atoms with E-state index in [1.54, 1.807) is 0 Å². The molecule has 0 radical (unpaired) electrons. The summed E-state index contributed by atoms with van der Waals surface area (Å²) in [7, 11) is 0. The van der Waals surface area contributed by atoms with E-state index in [9.17, 15) is 4.79 Å². The van der Waals surface area contributed by atoms with E-state index in [0.29, 0.717) is 17.3 Å². The van der Waals surface area contributed by atoms with Gasteiger partial charge in [-0.1, -0.05) is 36.8 Å². The highest BCUT2D eigenvalue weighted by Crippen LogP contribution is 2.29. The number of aryl methyl sites for hydroxylation is 1. The Morgan fingerprint density at radius 1 is 1.36 bits per heavy atom. The topological polar surface area (TPSA) is 68.0 Å². The maximum absolute atomic E-state index is 12.5. The summed E-state index contributed by atoms with van der Waals surface area (Å²) < 4.78 is 0. The van der Waals surface area contributed by atoms with Crippen LogP contribution in [0.25, 0.3) is 10.6 Å². The third-order valence-corrected chi connectivity index (χ3v) is 5.51. The minimum Gasteiger partial charge on any atom is -0.348 e. The van der Waals surface area contributed by atoms with Crippen molar-refractivity contribution in [1.82, 2.24) is 10.3 Å². The number of carbonyl (C=O) groups is 1. The largest absolute Gasteiger partial charge is 0.348 e. The summed E-state index contributed by atoms with van der Waals surface area (Å²) in [5, 5.41) is 4.05. The highest BCUT2D eigenvalue weighted by molar-refractivity contribution is 7.17. The van der Waals surface area contributed by atoms with Crippen LogP contribution in [0.5, 0.6) is 0 Å². The van der Waals surface area contributed by atoms with Crippen molar-refractivity contribution >= 4 is 17.2 Å². The monoisotopic (exact) mass is 315 g/mol. The van der Waals surface area contributed by atoms with Crippen molar-refractivity contribution in [1.29, 1.82) is 0 Å². The zero-order chi connectivity index (χ0) is 15.5. The van der Waals surface area contributed by atoms with Crippen LogP contribution in [0.4, 0.5) is 0 Å². The molecule has 3 N–H and O–H groups in total. The number of thiazole rings is 1. The first kappa shape index (κ1) is 15.2. The van der Waals surface area contributed by atoms with Crippen molar-refractivity contribution in [2.75, 3.05) is 6.54 Å². The van der Waals surface area contributed by atoms with Crippen molar-refractivity contribution in [3.05, 3.63) is 40.9 Å². The van der Waals surface area contributed by atoms with Gasteiger partial charge >= 0.3 is 0 Å². The van der Waals surface area contributed by atoms with Gasteiger partial charge in [-0.25, -0.2) is 4.98 Å². The predicted molar refractivity (Wildman–Crippen MR) is 89.9 cm³/mol. The summed E-state index contributed by atoms with van der Waals surface area (Å²) in [5.41, 5.74) is 7.63. The first-order chi connectivity index (χ1) is 10.7. The Morgan fingerprint density at radius 2 is 2.14 bits per heavy atom. The van der Waals surface area contributed by atoms with Crippen LogP contribution >= 0.6 is 11.3 Å². The lowest BCUT2D eigenvalue weighted by Crippen LogP contribution is -2.39. The van der Waals surface area contributed by atoms with Crippen LogP contribution in [0.1, 0.15) is 34.6 Å². The van der Waals surface area contributed by atoms with Crippen molar-refractivity contribution in [3.63, 3.8) is 0 Å². The summed E-state index contributed by atoms with van der Waals surface area (Å²) in [6, 6.07) is 10.2. The number of benzene rings is 1. The van der Waals surface area contributed by atoms with Crippen LogP contribution in [0, 0.1) is 12.8 Å². The quantitative estimate of drug-likeness (QED) is 0.911. The molecule has 1 aromatic carbocycles. The van der Waals surface area contributed by atoms with Gasteiger partial charge in [0.05, 0.1) is 5.69 Å². The summed E-state index contributed by atoms with van der Waals surface area (Å²) in [6.45, 7) is 2.54. The van der Waals surface area contributed by atoms with Gasteiger partial charge in [0, 0.05) is 11.6 Å². The normalized spacial score (nSPS) is 21.0. The Bertz CT molecular complexity index is 653. The lowest BCUT2D eigenvalue weighted by atomic mass is 10.0. The molecule has 5 heteroatoms. The van der Waals surface area contributed by atoms with E-state index in [1.807, 2.05) is 37.3 Å². The molecular weight excluding hydrogens is 294 g/mol. The first-order valence-electron chi connectivity index (χ1n) is 7.73. The molecule has 1 saturated carbocycles. The van der Waals surface area contributed by atoms with Gasteiger partial charge in [0.25, 0.3) is 5.91 Å². The van der Waals surface area contributed by atoms with E-state index in [2.05, 4.69) is 10.3 Å². The molecule has 2 aromatic rings. The number of rotatable bonds is 4. The van der Waals surface area contributed by atoms with Gasteiger partial charge in [-0.15, -0.1) is 11.3 Å². The van der Waals surface area contributed by atoms with E-state index in [4.69, 9.17) is 5.73 Å². The Kier molecular flexibility index (Phi) is 4.55. The van der Waals surface area contributed by atoms with E-state index in [1.165, 1.54) is 11.3 Å². The smallest absolute Gasteiger partial charge is 0.263 e. The molecule has 2 unspecified atom stereocenters. The number of nitrogens with zero attached hydrogens (tertiary/aromatic N) is 1. The zero-order valence-corrected chi connectivity index (χ0v) is 13.5. The third-order valence-electron chi connectivity index (χ3n) is 4.30. The molecule has 3 rings (SSSR count). The van der Waals surface area contributed by atoms with Gasteiger partial charge in [-0.05, 0) is 32.2 Å². The van der Waals surface area contributed by atoms with Crippen molar-refractivity contribution in [2.24, 2.45) is 11.7 Å². The maximum atomic E-state index is 12.5. The Balaban J connectivity index is 1.77. The van der Waals surface area contributed by atoms with Crippen molar-refractivity contribution < 1.29 is 4.79 Å². The number of aromatic nitrogens is 1. The second-order valence-electron chi connectivity index (χ2n) is 5.81. The number of amides is 1. The number of hydrogen-bond donors (Lipinski definition) is 2. The molecule has 1 aromatic heterocycles. The predicted octanol–water partition coefficient (Wildman–Crippen LogP) is 2.98. The second-order valence-corrected chi connectivity index (χ2v) is 6.81. The molecule has 1 aliphatic rings. The van der Waals surface area contributed by atoms with Crippen LogP contribution in [0.2, 0.25) is 0 Å². The van der Waals surface area contributed by atoms with Gasteiger partial charge in [0.2, 0.25) is 0 Å². The molecule has 0 bridgehead atoms. The maximum Gasteiger partial charge on any atom is 0.263 e. The van der Waals surface area contributed by atoms with Crippen LogP contribution in [-0.4, -0.2) is 23.5 Å². The number of carbonyl (C=O) groups excluding carboxylic acids is 1. The molecule has 0 spiro atoms. The van der Waals surface area contributed by atoms with Crippen LogP contribution in [0.3, 0.4) is 0 Å². The minimum atomic E-state index is -0.0115. The fourth-order valence-corrected chi connectivity index (χ4v) is 4.03. The van der Waals surface area contributed by atoms with Gasteiger partial charge in [-0.3, -0.25) is 4.79 Å². The van der Waals surface area contributed by atoms with Crippen molar-refractivity contribution in [2.45, 2.75) is 32.2 Å². The molecule has 1 aliphatic carbocycles. The van der Waals surface area contributed by atoms with E-state index in [0.717, 1.165) is 35.5 Å². The summed E-state index contributed by atoms with van der Waals surface area (Å²) >= 11 is 1.46. The average Bonchev–Trinajstić information content (AvgIpc) is 3.14. The van der Waals surface area contributed by atoms with Gasteiger partial charge in [-0.2, -0.15) is 0 Å². The molecule has 116 valence electrons. The van der Waals surface area contributed by atoms with Crippen LogP contribution in [0.15, 0.2) is 30.3 Å². The molecular formula is C17H21N3OS. The van der Waals surface area contributed by atoms with Crippen LogP contribution in [-0.2, 0) is 0 Å². The van der Waals surface area contributed by atoms with Gasteiger partial charge in [0.15, 0.2) is 0 Å². The van der Waals surface area contributed by atoms with Crippen LogP contribution < -0.4 is 11.1 Å². The fraction of sp³-hybridized carbons (Fsp3) is 0.412. The highest BCUT2D eigenvalue weighted by Gasteiger charge is 2.28. The summed E-state index contributed by atoms with van der Waals surface area (Å²) in [6.07, 6.45) is 3.28. The lowest BCUT2D eigenvalue weighted by molar-refractivity contribution is 0.0932.